The van der Waals surface area contributed by atoms with Crippen LogP contribution in [-0.4, -0.2) is 18.9 Å². The first-order chi connectivity index (χ1) is 5.27. The summed E-state index contributed by atoms with van der Waals surface area (Å²) in [6.07, 6.45) is 4.10. The first-order valence-electron chi connectivity index (χ1n) is 3.08. The molecule has 0 saturated heterocycles. The lowest BCUT2D eigenvalue weighted by atomic mass is 10.1. The Morgan fingerprint density at radius 1 is 1.64 bits per heavy atom. The van der Waals surface area contributed by atoms with Crippen molar-refractivity contribution in [3.63, 3.8) is 0 Å². The Kier molecular flexibility index (Phi) is 2.15. The SMILES string of the molecule is COC1=CC(N=O)C=CC1=O. The van der Waals surface area contributed by atoms with Crippen molar-refractivity contribution in [1.29, 1.82) is 0 Å². The summed E-state index contributed by atoms with van der Waals surface area (Å²) in [7, 11) is 1.38. The Balaban J connectivity index is 2.82. The van der Waals surface area contributed by atoms with Crippen LogP contribution in [0.2, 0.25) is 0 Å². The van der Waals surface area contributed by atoms with Gasteiger partial charge >= 0.3 is 0 Å². The number of nitrogens with zero attached hydrogens (tertiary/aromatic N) is 1. The minimum absolute atomic E-state index is 0.178. The van der Waals surface area contributed by atoms with E-state index in [2.05, 4.69) is 5.18 Å². The lowest BCUT2D eigenvalue weighted by Crippen LogP contribution is -2.10. The van der Waals surface area contributed by atoms with E-state index in [1.54, 1.807) is 0 Å². The van der Waals surface area contributed by atoms with Crippen LogP contribution in [0.5, 0.6) is 0 Å². The number of methoxy groups -OCH3 is 1. The second-order valence-corrected chi connectivity index (χ2v) is 2.05. The number of ketones is 1. The molecule has 0 aromatic carbocycles. The van der Waals surface area contributed by atoms with Crippen LogP contribution in [0.1, 0.15) is 0 Å². The fraction of sp³-hybridized carbons (Fsp3) is 0.286. The van der Waals surface area contributed by atoms with E-state index in [-0.39, 0.29) is 11.5 Å². The van der Waals surface area contributed by atoms with Crippen LogP contribution in [0.4, 0.5) is 0 Å². The minimum atomic E-state index is -0.567. The molecule has 0 saturated carbocycles. The summed E-state index contributed by atoms with van der Waals surface area (Å²) in [6.45, 7) is 0. The first kappa shape index (κ1) is 7.65. The zero-order chi connectivity index (χ0) is 8.27. The highest BCUT2D eigenvalue weighted by atomic mass is 16.5. The van der Waals surface area contributed by atoms with Gasteiger partial charge in [-0.25, -0.2) is 0 Å². The molecule has 1 aliphatic rings. The average Bonchev–Trinajstić information content (AvgIpc) is 2.05. The lowest BCUT2D eigenvalue weighted by Gasteiger charge is -2.07. The predicted octanol–water partition coefficient (Wildman–Crippen LogP) is 0.791. The summed E-state index contributed by atoms with van der Waals surface area (Å²) in [5.74, 6) is -0.0514. The second kappa shape index (κ2) is 3.09. The predicted molar refractivity (Wildman–Crippen MR) is 38.8 cm³/mol. The molecule has 1 rings (SSSR count). The van der Waals surface area contributed by atoms with Crippen LogP contribution < -0.4 is 0 Å². The lowest BCUT2D eigenvalue weighted by molar-refractivity contribution is -0.114. The molecule has 0 aromatic heterocycles. The van der Waals surface area contributed by atoms with Gasteiger partial charge in [0.2, 0.25) is 5.78 Å². The monoisotopic (exact) mass is 153 g/mol. The summed E-state index contributed by atoms with van der Waals surface area (Å²) >= 11 is 0. The van der Waals surface area contributed by atoms with Crippen molar-refractivity contribution in [3.05, 3.63) is 28.9 Å². The second-order valence-electron chi connectivity index (χ2n) is 2.05. The highest BCUT2D eigenvalue weighted by molar-refractivity contribution is 6.03. The van der Waals surface area contributed by atoms with Gasteiger partial charge in [-0.2, -0.15) is 0 Å². The molecule has 0 heterocycles. The molecule has 1 aliphatic carbocycles. The molecule has 0 amide bonds. The van der Waals surface area contributed by atoms with Crippen LogP contribution in [0.15, 0.2) is 29.2 Å². The zero-order valence-corrected chi connectivity index (χ0v) is 5.98. The Hall–Kier alpha value is -1.45. The van der Waals surface area contributed by atoms with Crippen LogP contribution in [0, 0.1) is 4.91 Å². The summed E-state index contributed by atoms with van der Waals surface area (Å²) < 4.78 is 4.70. The summed E-state index contributed by atoms with van der Waals surface area (Å²) in [4.78, 5) is 20.9. The maximum absolute atomic E-state index is 10.9. The van der Waals surface area contributed by atoms with E-state index in [9.17, 15) is 9.70 Å². The molecule has 0 aliphatic heterocycles. The maximum atomic E-state index is 10.9. The van der Waals surface area contributed by atoms with Crippen LogP contribution in [-0.2, 0) is 9.53 Å². The van der Waals surface area contributed by atoms with Crippen molar-refractivity contribution < 1.29 is 9.53 Å². The quantitative estimate of drug-likeness (QED) is 0.551. The smallest absolute Gasteiger partial charge is 0.219 e. The Morgan fingerprint density at radius 2 is 2.36 bits per heavy atom. The number of ether oxygens (including phenoxy) is 1. The maximum Gasteiger partial charge on any atom is 0.219 e. The van der Waals surface area contributed by atoms with Gasteiger partial charge in [0.15, 0.2) is 5.76 Å². The molecule has 0 spiro atoms. The Bertz CT molecular complexity index is 242. The first-order valence-corrected chi connectivity index (χ1v) is 3.08. The molecule has 0 radical (unpaired) electrons. The molecule has 4 heteroatoms. The third kappa shape index (κ3) is 1.52. The van der Waals surface area contributed by atoms with Gasteiger partial charge in [0.05, 0.1) is 7.11 Å². The van der Waals surface area contributed by atoms with E-state index in [0.29, 0.717) is 0 Å². The van der Waals surface area contributed by atoms with Crippen molar-refractivity contribution in [2.75, 3.05) is 7.11 Å². The summed E-state index contributed by atoms with van der Waals surface area (Å²) in [5, 5.41) is 2.73. The number of nitroso groups, excluding NO2 is 1. The van der Waals surface area contributed by atoms with Gasteiger partial charge in [0.25, 0.3) is 0 Å². The standard InChI is InChI=1S/C7H7NO3/c1-11-7-4-5(8-10)2-3-6(7)9/h2-5H,1H3. The van der Waals surface area contributed by atoms with Gasteiger partial charge in [-0.15, -0.1) is 4.91 Å². The van der Waals surface area contributed by atoms with Gasteiger partial charge in [-0.1, -0.05) is 5.18 Å². The summed E-state index contributed by atoms with van der Waals surface area (Å²) in [6, 6.07) is -0.567. The van der Waals surface area contributed by atoms with Crippen molar-refractivity contribution in [2.24, 2.45) is 5.18 Å². The van der Waals surface area contributed by atoms with Crippen molar-refractivity contribution in [3.8, 4) is 0 Å². The molecule has 58 valence electrons. The van der Waals surface area contributed by atoms with E-state index in [1.807, 2.05) is 0 Å². The van der Waals surface area contributed by atoms with E-state index in [1.165, 1.54) is 25.3 Å². The normalized spacial score (nSPS) is 22.8. The molecular weight excluding hydrogens is 146 g/mol. The molecule has 0 fully saturated rings. The average molecular weight is 153 g/mol. The van der Waals surface area contributed by atoms with Gasteiger partial charge < -0.3 is 4.74 Å². The molecule has 11 heavy (non-hydrogen) atoms. The largest absolute Gasteiger partial charge is 0.493 e. The molecule has 0 N–H and O–H groups in total. The molecule has 4 nitrogen and oxygen atoms in total. The van der Waals surface area contributed by atoms with E-state index < -0.39 is 6.04 Å². The van der Waals surface area contributed by atoms with Crippen molar-refractivity contribution in [2.45, 2.75) is 6.04 Å². The number of hydrogen-bond donors (Lipinski definition) is 0. The fourth-order valence-electron chi connectivity index (χ4n) is 0.795. The number of rotatable bonds is 2. The molecule has 1 atom stereocenters. The topological polar surface area (TPSA) is 55.7 Å². The minimum Gasteiger partial charge on any atom is -0.493 e. The van der Waals surface area contributed by atoms with E-state index >= 15 is 0 Å². The van der Waals surface area contributed by atoms with Gasteiger partial charge in [-0.3, -0.25) is 4.79 Å². The number of carbonyl (C=O) groups is 1. The van der Waals surface area contributed by atoms with Crippen molar-refractivity contribution in [1.82, 2.24) is 0 Å². The molecule has 0 bridgehead atoms. The van der Waals surface area contributed by atoms with Crippen molar-refractivity contribution >= 4 is 5.78 Å². The fourth-order valence-corrected chi connectivity index (χ4v) is 0.795. The highest BCUT2D eigenvalue weighted by Crippen LogP contribution is 2.10. The molecule has 1 unspecified atom stereocenters. The van der Waals surface area contributed by atoms with Crippen LogP contribution in [0.25, 0.3) is 0 Å². The zero-order valence-electron chi connectivity index (χ0n) is 5.98. The van der Waals surface area contributed by atoms with Gasteiger partial charge in [0, 0.05) is 0 Å². The molecular formula is C7H7NO3. The highest BCUT2D eigenvalue weighted by Gasteiger charge is 2.15. The van der Waals surface area contributed by atoms with Crippen LogP contribution in [0.3, 0.4) is 0 Å². The van der Waals surface area contributed by atoms with E-state index in [0.717, 1.165) is 0 Å². The van der Waals surface area contributed by atoms with Crippen LogP contribution >= 0.6 is 0 Å². The number of hydrogen-bond acceptors (Lipinski definition) is 4. The molecule has 0 aromatic rings. The number of carbonyl (C=O) groups excluding carboxylic acids is 1. The Labute approximate surface area is 63.5 Å². The van der Waals surface area contributed by atoms with Gasteiger partial charge in [-0.05, 0) is 18.2 Å². The number of allylic oxidation sites excluding steroid dienone is 1. The Morgan fingerprint density at radius 3 is 2.91 bits per heavy atom. The third-order valence-corrected chi connectivity index (χ3v) is 1.35. The van der Waals surface area contributed by atoms with E-state index in [4.69, 9.17) is 4.74 Å². The summed E-state index contributed by atoms with van der Waals surface area (Å²) in [5.41, 5.74) is 0. The third-order valence-electron chi connectivity index (χ3n) is 1.35. The van der Waals surface area contributed by atoms with Gasteiger partial charge in [0.1, 0.15) is 6.04 Å².